The molecule has 0 aromatic heterocycles. The second-order valence-electron chi connectivity index (χ2n) is 6.51. The molecule has 0 radical (unpaired) electrons. The number of Topliss-reactive ketones (excluding diaryl/α,β-unsaturated/α-hetero) is 1. The zero-order valence-corrected chi connectivity index (χ0v) is 10.7. The van der Waals surface area contributed by atoms with E-state index in [0.717, 1.165) is 18.3 Å². The molecule has 2 bridgehead atoms. The van der Waals surface area contributed by atoms with E-state index in [9.17, 15) is 4.79 Å². The van der Waals surface area contributed by atoms with Gasteiger partial charge >= 0.3 is 0 Å². The van der Waals surface area contributed by atoms with Gasteiger partial charge in [-0.1, -0.05) is 25.0 Å². The third-order valence-corrected chi connectivity index (χ3v) is 5.81. The Labute approximate surface area is 98.3 Å². The average Bonchev–Trinajstić information content (AvgIpc) is 2.80. The lowest BCUT2D eigenvalue weighted by atomic mass is 9.62. The van der Waals surface area contributed by atoms with Gasteiger partial charge in [0, 0.05) is 5.41 Å². The fraction of sp³-hybridized carbons (Fsp3) is 0.800. The number of carbonyl (C=O) groups is 1. The monoisotopic (exact) mass is 218 g/mol. The minimum atomic E-state index is -0.0662. The van der Waals surface area contributed by atoms with Crippen molar-refractivity contribution in [2.75, 3.05) is 0 Å². The van der Waals surface area contributed by atoms with Crippen LogP contribution in [0.4, 0.5) is 0 Å². The smallest absolute Gasteiger partial charge is 0.136 e. The summed E-state index contributed by atoms with van der Waals surface area (Å²) < 4.78 is 0. The van der Waals surface area contributed by atoms with Gasteiger partial charge in [-0.2, -0.15) is 0 Å². The van der Waals surface area contributed by atoms with Crippen molar-refractivity contribution in [3.63, 3.8) is 0 Å². The van der Waals surface area contributed by atoms with Gasteiger partial charge in [0.1, 0.15) is 5.78 Å². The average molecular weight is 218 g/mol. The lowest BCUT2D eigenvalue weighted by Crippen LogP contribution is -2.37. The molecule has 1 heteroatoms. The molecule has 1 nitrogen and oxygen atoms in total. The Morgan fingerprint density at radius 2 is 1.88 bits per heavy atom. The van der Waals surface area contributed by atoms with Gasteiger partial charge in [0.05, 0.1) is 0 Å². The van der Waals surface area contributed by atoms with Crippen LogP contribution in [0, 0.1) is 23.2 Å². The highest BCUT2D eigenvalue weighted by Gasteiger charge is 2.48. The van der Waals surface area contributed by atoms with Crippen LogP contribution in [-0.4, -0.2) is 5.78 Å². The summed E-state index contributed by atoms with van der Waals surface area (Å²) in [5, 5.41) is 0. The van der Waals surface area contributed by atoms with Crippen LogP contribution < -0.4 is 0 Å². The summed E-state index contributed by atoms with van der Waals surface area (Å²) in [6.07, 6.45) is 6.50. The molecular weight excluding hydrogens is 196 g/mol. The van der Waals surface area contributed by atoms with E-state index in [-0.39, 0.29) is 5.41 Å². The van der Waals surface area contributed by atoms with Crippen molar-refractivity contribution >= 4 is 5.78 Å². The van der Waals surface area contributed by atoms with E-state index < -0.39 is 0 Å². The van der Waals surface area contributed by atoms with E-state index in [2.05, 4.69) is 13.8 Å². The van der Waals surface area contributed by atoms with Crippen LogP contribution in [0.3, 0.4) is 0 Å². The Hall–Kier alpha value is -0.590. The molecule has 0 saturated heterocycles. The summed E-state index contributed by atoms with van der Waals surface area (Å²) in [5.74, 6) is 2.70. The Kier molecular flexibility index (Phi) is 2.12. The Morgan fingerprint density at radius 1 is 1.25 bits per heavy atom. The first kappa shape index (κ1) is 10.6. The van der Waals surface area contributed by atoms with Crippen LogP contribution in [0.15, 0.2) is 11.1 Å². The molecule has 1 saturated carbocycles. The first-order valence-electron chi connectivity index (χ1n) is 6.75. The zero-order valence-electron chi connectivity index (χ0n) is 10.7. The molecule has 88 valence electrons. The lowest BCUT2D eigenvalue weighted by Gasteiger charge is -2.41. The van der Waals surface area contributed by atoms with Gasteiger partial charge in [-0.05, 0) is 56.8 Å². The molecule has 0 aromatic carbocycles. The number of hydrogen-bond donors (Lipinski definition) is 0. The minimum absolute atomic E-state index is 0.0662. The van der Waals surface area contributed by atoms with E-state index in [4.69, 9.17) is 0 Å². The number of carbonyl (C=O) groups excluding carboxylic acids is 1. The summed E-state index contributed by atoms with van der Waals surface area (Å²) in [5.41, 5.74) is 3.40. The molecule has 0 aromatic rings. The predicted octanol–water partition coefficient (Wildman–Crippen LogP) is 3.74. The maximum absolute atomic E-state index is 11.9. The SMILES string of the molecule is CC(=O)C1(C)CC2=C(CC1C)C1CCC2C1. The highest BCUT2D eigenvalue weighted by atomic mass is 16.1. The van der Waals surface area contributed by atoms with Crippen molar-refractivity contribution in [1.82, 2.24) is 0 Å². The van der Waals surface area contributed by atoms with Crippen LogP contribution in [0.2, 0.25) is 0 Å². The summed E-state index contributed by atoms with van der Waals surface area (Å²) in [6.45, 7) is 6.25. The van der Waals surface area contributed by atoms with Crippen molar-refractivity contribution in [3.8, 4) is 0 Å². The fourth-order valence-corrected chi connectivity index (χ4v) is 4.29. The quantitative estimate of drug-likeness (QED) is 0.613. The van der Waals surface area contributed by atoms with Crippen LogP contribution in [0.25, 0.3) is 0 Å². The molecule has 0 heterocycles. The second kappa shape index (κ2) is 3.21. The molecule has 0 spiro atoms. The van der Waals surface area contributed by atoms with E-state index in [1.807, 2.05) is 0 Å². The highest BCUT2D eigenvalue weighted by molar-refractivity contribution is 5.83. The summed E-state index contributed by atoms with van der Waals surface area (Å²) in [4.78, 5) is 11.9. The van der Waals surface area contributed by atoms with Gasteiger partial charge < -0.3 is 0 Å². The molecule has 0 amide bonds. The molecule has 16 heavy (non-hydrogen) atoms. The summed E-state index contributed by atoms with van der Waals surface area (Å²) >= 11 is 0. The van der Waals surface area contributed by atoms with Crippen LogP contribution in [-0.2, 0) is 4.79 Å². The first-order valence-corrected chi connectivity index (χ1v) is 6.75. The van der Waals surface area contributed by atoms with Crippen LogP contribution in [0.5, 0.6) is 0 Å². The van der Waals surface area contributed by atoms with Gasteiger partial charge in [-0.25, -0.2) is 0 Å². The Bertz CT molecular complexity index is 379. The largest absolute Gasteiger partial charge is 0.299 e. The fourth-order valence-electron chi connectivity index (χ4n) is 4.29. The van der Waals surface area contributed by atoms with Crippen molar-refractivity contribution in [1.29, 1.82) is 0 Å². The third kappa shape index (κ3) is 1.20. The third-order valence-electron chi connectivity index (χ3n) is 5.81. The van der Waals surface area contributed by atoms with E-state index in [1.165, 1.54) is 25.7 Å². The minimum Gasteiger partial charge on any atom is -0.299 e. The molecule has 1 fully saturated rings. The van der Waals surface area contributed by atoms with Gasteiger partial charge in [0.2, 0.25) is 0 Å². The van der Waals surface area contributed by atoms with Gasteiger partial charge in [0.25, 0.3) is 0 Å². The van der Waals surface area contributed by atoms with Crippen molar-refractivity contribution in [3.05, 3.63) is 11.1 Å². The van der Waals surface area contributed by atoms with E-state index in [0.29, 0.717) is 11.7 Å². The topological polar surface area (TPSA) is 17.1 Å². The van der Waals surface area contributed by atoms with Crippen LogP contribution in [0.1, 0.15) is 52.9 Å². The number of hydrogen-bond acceptors (Lipinski definition) is 1. The molecule has 3 aliphatic rings. The predicted molar refractivity (Wildman–Crippen MR) is 65.0 cm³/mol. The Balaban J connectivity index is 1.97. The lowest BCUT2D eigenvalue weighted by molar-refractivity contribution is -0.128. The molecule has 0 aliphatic heterocycles. The zero-order chi connectivity index (χ0) is 11.5. The highest BCUT2D eigenvalue weighted by Crippen LogP contribution is 2.58. The molecule has 3 rings (SSSR count). The van der Waals surface area contributed by atoms with Crippen LogP contribution >= 0.6 is 0 Å². The maximum Gasteiger partial charge on any atom is 0.136 e. The Morgan fingerprint density at radius 3 is 2.50 bits per heavy atom. The molecular formula is C15H22O. The first-order chi connectivity index (χ1) is 7.52. The van der Waals surface area contributed by atoms with Crippen molar-refractivity contribution in [2.24, 2.45) is 23.2 Å². The molecule has 4 atom stereocenters. The summed E-state index contributed by atoms with van der Waals surface area (Å²) in [6, 6.07) is 0. The number of allylic oxidation sites excluding steroid dienone is 2. The van der Waals surface area contributed by atoms with Crippen molar-refractivity contribution < 1.29 is 4.79 Å². The van der Waals surface area contributed by atoms with E-state index in [1.54, 1.807) is 18.1 Å². The van der Waals surface area contributed by atoms with Gasteiger partial charge in [-0.3, -0.25) is 4.79 Å². The normalized spacial score (nSPS) is 46.1. The molecule has 4 unspecified atom stereocenters. The molecule has 3 aliphatic carbocycles. The van der Waals surface area contributed by atoms with E-state index >= 15 is 0 Å². The van der Waals surface area contributed by atoms with Crippen molar-refractivity contribution in [2.45, 2.75) is 52.9 Å². The maximum atomic E-state index is 11.9. The second-order valence-corrected chi connectivity index (χ2v) is 6.51. The molecule has 0 N–H and O–H groups in total. The number of ketones is 1. The summed E-state index contributed by atoms with van der Waals surface area (Å²) in [7, 11) is 0. The standard InChI is InChI=1S/C15H22O/c1-9-6-13-11-4-5-12(7-11)14(13)8-15(9,3)10(2)16/h9,11-12H,4-8H2,1-3H3. The number of fused-ring (bicyclic) bond motifs is 4. The van der Waals surface area contributed by atoms with Gasteiger partial charge in [0.15, 0.2) is 0 Å². The number of rotatable bonds is 1. The van der Waals surface area contributed by atoms with Gasteiger partial charge in [-0.15, -0.1) is 0 Å².